The summed E-state index contributed by atoms with van der Waals surface area (Å²) in [4.78, 5) is 0. The first kappa shape index (κ1) is 46.8. The minimum atomic E-state index is -6.86. The smallest absolute Gasteiger partial charge is 0.166 e. The summed E-state index contributed by atoms with van der Waals surface area (Å²) in [6.07, 6.45) is -3.85. The zero-order chi connectivity index (χ0) is 51.4. The number of fused-ring (bicyclic) bond motifs is 4. The van der Waals surface area contributed by atoms with Crippen molar-refractivity contribution in [2.75, 3.05) is 0 Å². The number of hydrogen-bond donors (Lipinski definition) is 0. The lowest BCUT2D eigenvalue weighted by Gasteiger charge is -2.45. The molecule has 0 fully saturated rings. The molecule has 0 N–H and O–H groups in total. The van der Waals surface area contributed by atoms with Gasteiger partial charge in [0.15, 0.2) is 46.5 Å². The Morgan fingerprint density at radius 2 is 0.370 bits per heavy atom. The van der Waals surface area contributed by atoms with Crippen LogP contribution < -0.4 is 21.9 Å². The van der Waals surface area contributed by atoms with Crippen LogP contribution in [-0.2, 0) is 51.4 Å². The maximum Gasteiger partial charge on any atom is 0.166 e. The van der Waals surface area contributed by atoms with Gasteiger partial charge in [0.05, 0.1) is 22.3 Å². The number of rotatable bonds is 8. The molecule has 12 rings (SSSR count). The first-order valence-electron chi connectivity index (χ1n) is 23.0. The van der Waals surface area contributed by atoms with Crippen LogP contribution in [-0.4, -0.2) is 6.15 Å². The summed E-state index contributed by atoms with van der Waals surface area (Å²) in [5, 5.41) is 0. The minimum Gasteiger partial charge on any atom is -0.207 e. The summed E-state index contributed by atoms with van der Waals surface area (Å²) in [5.74, 6) is -46.0. The molecule has 0 aromatic heterocycles. The zero-order valence-corrected chi connectivity index (χ0v) is 37.2. The lowest BCUT2D eigenvalue weighted by molar-refractivity contribution is 0.457. The normalized spacial score (nSPS) is 14.1. The molecule has 0 saturated heterocycles. The van der Waals surface area contributed by atoms with Crippen molar-refractivity contribution in [1.82, 2.24) is 0 Å². The van der Waals surface area contributed by atoms with Gasteiger partial charge in [0, 0.05) is 0 Å². The SMILES string of the molecule is Fc1c(F)c([B-](c2c(F)c(F)c(-c3ccc4c(c3)CC4)c(F)c2F)(c2c(F)c(F)c(-c3ccc4c(c3)CC4)c(F)c2F)c2c(F)c(F)c(-c3ccc4c(c3)CC4)c(F)c2F)c(F)c(F)c1-c1ccc2c(c1)CC2. The second kappa shape index (κ2) is 16.4. The summed E-state index contributed by atoms with van der Waals surface area (Å²) < 4.78 is 279. The molecule has 4 aliphatic carbocycles. The molecule has 17 heteroatoms. The summed E-state index contributed by atoms with van der Waals surface area (Å²) in [6, 6.07) is 13.2. The summed E-state index contributed by atoms with van der Waals surface area (Å²) in [6.45, 7) is 0. The third kappa shape index (κ3) is 6.32. The van der Waals surface area contributed by atoms with E-state index in [0.29, 0.717) is 70.2 Å². The van der Waals surface area contributed by atoms with E-state index in [0.717, 1.165) is 48.5 Å². The monoisotopic (exact) mass is 1020 g/mol. The standard InChI is InChI=1S/C56H28BF16/c58-41-33(29-13-5-21-1-9-25(21)17-29)42(59)50(67)37(49(41)66)57(38-51(68)43(60)34(44(61)52(38)69)30-14-6-22-2-10-26(22)18-30,39-53(70)45(62)35(46(63)54(39)71)31-15-7-23-3-11-27(23)19-31)40-55(72)47(64)36(48(65)56(40)73)32-16-8-24-4-12-28(24)20-32/h5-8,13-20H,1-4,9-12H2/q-1. The summed E-state index contributed by atoms with van der Waals surface area (Å²) in [7, 11) is 0. The van der Waals surface area contributed by atoms with Crippen molar-refractivity contribution in [1.29, 1.82) is 0 Å². The Kier molecular flexibility index (Phi) is 10.5. The Morgan fingerprint density at radius 3 is 0.507 bits per heavy atom. The Balaban J connectivity index is 1.29. The maximum atomic E-state index is 17.8. The molecule has 0 aliphatic heterocycles. The van der Waals surface area contributed by atoms with Crippen LogP contribution in [0.25, 0.3) is 44.5 Å². The molecule has 0 heterocycles. The highest BCUT2D eigenvalue weighted by molar-refractivity contribution is 7.20. The highest BCUT2D eigenvalue weighted by Gasteiger charge is 2.52. The summed E-state index contributed by atoms with van der Waals surface area (Å²) >= 11 is 0. The fourth-order valence-electron chi connectivity index (χ4n) is 11.4. The van der Waals surface area contributed by atoms with Gasteiger partial charge in [-0.2, -0.15) is 0 Å². The van der Waals surface area contributed by atoms with Gasteiger partial charge in [-0.3, -0.25) is 0 Å². The fourth-order valence-corrected chi connectivity index (χ4v) is 11.4. The fraction of sp³-hybridized carbons (Fsp3) is 0.143. The minimum absolute atomic E-state index is 0.285. The zero-order valence-electron chi connectivity index (χ0n) is 37.2. The van der Waals surface area contributed by atoms with Gasteiger partial charge in [-0.25, -0.2) is 70.2 Å². The second-order valence-corrected chi connectivity index (χ2v) is 19.0. The molecule has 0 bridgehead atoms. The average molecular weight is 1020 g/mol. The van der Waals surface area contributed by atoms with Crippen LogP contribution in [0.3, 0.4) is 0 Å². The quantitative estimate of drug-likeness (QED) is 0.0808. The number of halogens is 16. The van der Waals surface area contributed by atoms with Gasteiger partial charge in [0.1, 0.15) is 52.7 Å². The lowest BCUT2D eigenvalue weighted by atomic mass is 9.12. The van der Waals surface area contributed by atoms with Crippen LogP contribution in [0.15, 0.2) is 72.8 Å². The predicted molar refractivity (Wildman–Crippen MR) is 241 cm³/mol. The van der Waals surface area contributed by atoms with Gasteiger partial charge >= 0.3 is 0 Å². The van der Waals surface area contributed by atoms with E-state index in [1.54, 1.807) is 0 Å². The van der Waals surface area contributed by atoms with Crippen LogP contribution >= 0.6 is 0 Å². The second-order valence-electron chi connectivity index (χ2n) is 19.0. The highest BCUT2D eigenvalue weighted by Crippen LogP contribution is 2.41. The first-order chi connectivity index (χ1) is 34.9. The van der Waals surface area contributed by atoms with E-state index >= 15 is 70.2 Å². The topological polar surface area (TPSA) is 0 Å². The van der Waals surface area contributed by atoms with Crippen molar-refractivity contribution in [3.8, 4) is 44.5 Å². The Morgan fingerprint density at radius 1 is 0.205 bits per heavy atom. The molecule has 0 atom stereocenters. The van der Waals surface area contributed by atoms with Crippen LogP contribution in [0.5, 0.6) is 0 Å². The molecule has 0 nitrogen and oxygen atoms in total. The van der Waals surface area contributed by atoms with Gasteiger partial charge in [0.25, 0.3) is 0 Å². The van der Waals surface area contributed by atoms with Crippen LogP contribution in [0.2, 0.25) is 0 Å². The maximum absolute atomic E-state index is 17.8. The van der Waals surface area contributed by atoms with Crippen LogP contribution in [0.1, 0.15) is 44.5 Å². The third-order valence-electron chi connectivity index (χ3n) is 15.6. The van der Waals surface area contributed by atoms with Crippen molar-refractivity contribution >= 4 is 28.0 Å². The van der Waals surface area contributed by atoms with Gasteiger partial charge in [-0.15, -0.1) is 21.9 Å². The first-order valence-corrected chi connectivity index (χ1v) is 23.0. The number of aryl methyl sites for hydroxylation is 8. The van der Waals surface area contributed by atoms with Crippen molar-refractivity contribution < 1.29 is 70.2 Å². The van der Waals surface area contributed by atoms with Crippen LogP contribution in [0, 0.1) is 93.1 Å². The van der Waals surface area contributed by atoms with Crippen LogP contribution in [0.4, 0.5) is 70.2 Å². The molecule has 8 aromatic carbocycles. The van der Waals surface area contributed by atoms with E-state index in [1.165, 1.54) is 24.3 Å². The van der Waals surface area contributed by atoms with Gasteiger partial charge in [-0.05, 0) is 118 Å². The lowest BCUT2D eigenvalue weighted by Crippen LogP contribution is -2.81. The molecule has 4 aliphatic rings. The molecule has 0 radical (unpaired) electrons. The molecule has 0 unspecified atom stereocenters. The molecule has 0 spiro atoms. The van der Waals surface area contributed by atoms with Gasteiger partial charge in [-0.1, -0.05) is 72.8 Å². The number of benzene rings is 8. The average Bonchev–Trinajstić information content (AvgIpc) is 3.32. The van der Waals surface area contributed by atoms with E-state index < -0.39 is 166 Å². The van der Waals surface area contributed by atoms with Crippen molar-refractivity contribution in [3.63, 3.8) is 0 Å². The van der Waals surface area contributed by atoms with Crippen molar-refractivity contribution in [2.45, 2.75) is 51.4 Å². The van der Waals surface area contributed by atoms with Gasteiger partial charge in [0.2, 0.25) is 0 Å². The third-order valence-corrected chi connectivity index (χ3v) is 15.6. The Bertz CT molecular complexity index is 3230. The van der Waals surface area contributed by atoms with Gasteiger partial charge < -0.3 is 0 Å². The Hall–Kier alpha value is -7.30. The number of hydrogen-bond acceptors (Lipinski definition) is 0. The molecule has 0 amide bonds. The summed E-state index contributed by atoms with van der Waals surface area (Å²) in [5.41, 5.74) is -17.2. The van der Waals surface area contributed by atoms with Crippen molar-refractivity contribution in [3.05, 3.63) is 210 Å². The molecule has 8 aromatic rings. The molecule has 368 valence electrons. The van der Waals surface area contributed by atoms with Crippen molar-refractivity contribution in [2.24, 2.45) is 0 Å². The van der Waals surface area contributed by atoms with E-state index in [1.807, 2.05) is 0 Å². The predicted octanol–water partition coefficient (Wildman–Crippen LogP) is 12.4. The van der Waals surface area contributed by atoms with E-state index in [9.17, 15) is 0 Å². The Labute approximate surface area is 403 Å². The van der Waals surface area contributed by atoms with E-state index in [4.69, 9.17) is 0 Å². The molecular formula is C56H28BF16-. The van der Waals surface area contributed by atoms with E-state index in [2.05, 4.69) is 0 Å². The molecule has 0 saturated carbocycles. The molecular weight excluding hydrogens is 987 g/mol. The highest BCUT2D eigenvalue weighted by atomic mass is 19.2. The largest absolute Gasteiger partial charge is 0.207 e. The van der Waals surface area contributed by atoms with E-state index in [-0.39, 0.29) is 25.7 Å². The molecule has 73 heavy (non-hydrogen) atoms.